The van der Waals surface area contributed by atoms with E-state index in [-0.39, 0.29) is 6.42 Å². The quantitative estimate of drug-likeness (QED) is 0.0954. The van der Waals surface area contributed by atoms with Gasteiger partial charge in [0.1, 0.15) is 146 Å². The van der Waals surface area contributed by atoms with Crippen LogP contribution in [0, 0.1) is 0 Å². The van der Waals surface area contributed by atoms with Crippen LogP contribution < -0.4 is 0 Å². The molecule has 22 saturated heterocycles. The molecule has 22 fully saturated rings. The Balaban J connectivity index is 1.22. The van der Waals surface area contributed by atoms with Crippen LogP contribution in [-0.4, -0.2) is 322 Å². The summed E-state index contributed by atoms with van der Waals surface area (Å²) in [5, 5.41) is 197. The third kappa shape index (κ3) is 11.2. The number of aliphatic hydroxyl groups is 18. The van der Waals surface area contributed by atoms with E-state index >= 15 is 0 Å². The molecule has 408 valence electrons. The molecule has 22 heterocycles. The molecule has 0 aromatic heterocycles. The number of rotatable bonds is 9. The van der Waals surface area contributed by atoms with Gasteiger partial charge in [-0.2, -0.15) is 0 Å². The highest BCUT2D eigenvalue weighted by atomic mass is 16.8. The van der Waals surface area contributed by atoms with Gasteiger partial charge in [-0.3, -0.25) is 0 Å². The first kappa shape index (κ1) is 56.5. The van der Waals surface area contributed by atoms with Gasteiger partial charge in [0, 0.05) is 0 Å². The van der Waals surface area contributed by atoms with E-state index in [4.69, 9.17) is 61.6 Å². The van der Waals surface area contributed by atoms with Crippen LogP contribution in [-0.2, 0) is 61.6 Å². The lowest BCUT2D eigenvalue weighted by molar-refractivity contribution is -0.407. The Kier molecular flexibility index (Phi) is 19.5. The Morgan fingerprint density at radius 1 is 0.300 bits per heavy atom. The molecular formula is C39H66O31. The Labute approximate surface area is 396 Å². The fourth-order valence-electron chi connectivity index (χ4n) is 9.35. The molecule has 31 heteroatoms. The lowest BCUT2D eigenvalue weighted by Gasteiger charge is -2.51. The van der Waals surface area contributed by atoms with Crippen molar-refractivity contribution in [1.29, 1.82) is 0 Å². The molecular weight excluding hydrogens is 964 g/mol. The second kappa shape index (κ2) is 24.2. The zero-order chi connectivity index (χ0) is 51.0. The first-order chi connectivity index (χ1) is 33.4. The van der Waals surface area contributed by atoms with E-state index < -0.39 is 230 Å². The Bertz CT molecular complexity index is 1600. The van der Waals surface area contributed by atoms with Crippen molar-refractivity contribution in [3.8, 4) is 0 Å². The maximum absolute atomic E-state index is 11.7. The van der Waals surface area contributed by atoms with Crippen LogP contribution in [0.5, 0.6) is 0 Å². The normalized spacial score (nSPS) is 53.4. The summed E-state index contributed by atoms with van der Waals surface area (Å²) >= 11 is 0. The van der Waals surface area contributed by atoms with Crippen LogP contribution >= 0.6 is 0 Å². The molecule has 22 aliphatic heterocycles. The minimum absolute atomic E-state index is 0.102. The average Bonchev–Trinajstić information content (AvgIpc) is 3.35. The summed E-state index contributed by atoms with van der Waals surface area (Å²) in [6.45, 7) is -4.54. The summed E-state index contributed by atoms with van der Waals surface area (Å²) in [7, 11) is 0. The van der Waals surface area contributed by atoms with Gasteiger partial charge in [0.2, 0.25) is 0 Å². The number of hydrogen-bond donors (Lipinski definition) is 18. The van der Waals surface area contributed by atoms with Crippen molar-refractivity contribution in [3.05, 3.63) is 0 Å². The van der Waals surface area contributed by atoms with Crippen LogP contribution in [0.4, 0.5) is 0 Å². The van der Waals surface area contributed by atoms with Gasteiger partial charge in [-0.25, -0.2) is 0 Å². The molecule has 22 rings (SSSR count). The molecule has 0 aliphatic carbocycles. The Morgan fingerprint density at radius 2 is 0.500 bits per heavy atom. The largest absolute Gasteiger partial charge is 0.394 e. The van der Waals surface area contributed by atoms with E-state index in [9.17, 15) is 91.9 Å². The predicted octanol–water partition coefficient (Wildman–Crippen LogP) is -12.3. The van der Waals surface area contributed by atoms with Crippen LogP contribution in [0.15, 0.2) is 0 Å². The highest BCUT2D eigenvalue weighted by Crippen LogP contribution is 2.38. The minimum Gasteiger partial charge on any atom is -0.394 e. The van der Waals surface area contributed by atoms with Crippen LogP contribution in [0.3, 0.4) is 0 Å². The molecule has 22 aliphatic rings. The molecule has 18 N–H and O–H groups in total. The van der Waals surface area contributed by atoms with Crippen molar-refractivity contribution in [2.75, 3.05) is 39.6 Å². The SMILES string of the molecule is CCC(O)OC1C(O)C2OC(CO)C1OC1OC(CO)C(OC3OC(CO)C(OC4OC(CO)C(OC5OC(CO)C(OC6OC(CO)C(O2)C(O)C6O)C(O)C5O)C(O)C4O)C(O)C3O)C(O)C1O. The van der Waals surface area contributed by atoms with Crippen molar-refractivity contribution in [2.45, 2.75) is 204 Å². The second-order valence-corrected chi connectivity index (χ2v) is 17.8. The molecule has 0 spiro atoms. The third-order valence-electron chi connectivity index (χ3n) is 13.3. The third-order valence-corrected chi connectivity index (χ3v) is 13.3. The smallest absolute Gasteiger partial charge is 0.187 e. The molecule has 70 heavy (non-hydrogen) atoms. The molecule has 31 atom stereocenters. The molecule has 31 nitrogen and oxygen atoms in total. The molecule has 0 aromatic rings. The van der Waals surface area contributed by atoms with Crippen molar-refractivity contribution >= 4 is 0 Å². The van der Waals surface area contributed by atoms with Gasteiger partial charge in [-0.1, -0.05) is 6.92 Å². The first-order valence-electron chi connectivity index (χ1n) is 22.7. The topological polar surface area (TPSA) is 484 Å². The van der Waals surface area contributed by atoms with Crippen molar-refractivity contribution in [1.82, 2.24) is 0 Å². The fraction of sp³-hybridized carbons (Fsp3) is 1.00. The predicted molar refractivity (Wildman–Crippen MR) is 211 cm³/mol. The monoisotopic (exact) mass is 1030 g/mol. The van der Waals surface area contributed by atoms with Gasteiger partial charge in [0.25, 0.3) is 0 Å². The van der Waals surface area contributed by atoms with E-state index in [1.54, 1.807) is 0 Å². The lowest BCUT2D eigenvalue weighted by atomic mass is 9.94. The van der Waals surface area contributed by atoms with E-state index in [1.807, 2.05) is 0 Å². The lowest BCUT2D eigenvalue weighted by Crippen LogP contribution is -2.69. The van der Waals surface area contributed by atoms with Crippen LogP contribution in [0.2, 0.25) is 0 Å². The molecule has 0 aromatic carbocycles. The zero-order valence-electron chi connectivity index (χ0n) is 37.2. The zero-order valence-corrected chi connectivity index (χ0v) is 37.2. The van der Waals surface area contributed by atoms with Gasteiger partial charge in [-0.15, -0.1) is 0 Å². The average molecular weight is 1030 g/mol. The molecule has 31 unspecified atom stereocenters. The maximum Gasteiger partial charge on any atom is 0.187 e. The molecule has 12 bridgehead atoms. The van der Waals surface area contributed by atoms with Crippen molar-refractivity contribution < 1.29 is 153 Å². The van der Waals surface area contributed by atoms with E-state index in [0.717, 1.165) is 0 Å². The maximum atomic E-state index is 11.7. The van der Waals surface area contributed by atoms with Crippen LogP contribution in [0.25, 0.3) is 0 Å². The second-order valence-electron chi connectivity index (χ2n) is 17.8. The fourth-order valence-corrected chi connectivity index (χ4v) is 9.35. The van der Waals surface area contributed by atoms with Crippen LogP contribution in [0.1, 0.15) is 13.3 Å². The van der Waals surface area contributed by atoms with Gasteiger partial charge in [0.15, 0.2) is 44.0 Å². The highest BCUT2D eigenvalue weighted by molar-refractivity contribution is 5.01. The number of hydrogen-bond acceptors (Lipinski definition) is 31. The van der Waals surface area contributed by atoms with E-state index in [1.165, 1.54) is 6.92 Å². The molecule has 0 amide bonds. The Morgan fingerprint density at radius 3 is 0.714 bits per heavy atom. The van der Waals surface area contributed by atoms with Gasteiger partial charge in [0.05, 0.1) is 39.6 Å². The first-order valence-corrected chi connectivity index (χ1v) is 22.7. The van der Waals surface area contributed by atoms with E-state index in [0.29, 0.717) is 0 Å². The van der Waals surface area contributed by atoms with Crippen molar-refractivity contribution in [2.24, 2.45) is 0 Å². The minimum atomic E-state index is -2.16. The molecule has 0 saturated carbocycles. The number of aliphatic hydroxyl groups excluding tert-OH is 18. The Hall–Kier alpha value is -1.24. The van der Waals surface area contributed by atoms with Crippen molar-refractivity contribution in [3.63, 3.8) is 0 Å². The summed E-state index contributed by atoms with van der Waals surface area (Å²) in [6, 6.07) is 0. The van der Waals surface area contributed by atoms with Gasteiger partial charge < -0.3 is 153 Å². The van der Waals surface area contributed by atoms with Gasteiger partial charge >= 0.3 is 0 Å². The number of ether oxygens (including phenoxy) is 13. The summed E-state index contributed by atoms with van der Waals surface area (Å²) in [6.07, 6.45) is -60.1. The van der Waals surface area contributed by atoms with Gasteiger partial charge in [-0.05, 0) is 6.42 Å². The standard InChI is InChI=1S/C39H66O31/c1-2-15(46)64-33-26(57)39-63-14(8-45)32(33)70-38-25(56)20(51)30(12(6-43)62-38)68-36-23(54)18(49)28(10(4-41)60-36)66-34-21(52)16(47)27(9(3-40)58-34)65-35-22(53)17(48)29(11(5-42)59-35)67-37-24(55)19(50)31(69-39)13(7-44)61-37/h9-57H,2-8H2,1H3. The summed E-state index contributed by atoms with van der Waals surface area (Å²) in [5.41, 5.74) is 0. The highest BCUT2D eigenvalue weighted by Gasteiger charge is 2.59. The molecule has 0 radical (unpaired) electrons. The summed E-state index contributed by atoms with van der Waals surface area (Å²) in [5.74, 6) is 0. The summed E-state index contributed by atoms with van der Waals surface area (Å²) < 4.78 is 74.6. The summed E-state index contributed by atoms with van der Waals surface area (Å²) in [4.78, 5) is 0. The van der Waals surface area contributed by atoms with E-state index in [2.05, 4.69) is 0 Å².